The molecule has 0 spiro atoms. The van der Waals surface area contributed by atoms with Crippen molar-refractivity contribution in [3.8, 4) is 0 Å². The van der Waals surface area contributed by atoms with Gasteiger partial charge in [0.2, 0.25) is 0 Å². The molecule has 1 atom stereocenters. The van der Waals surface area contributed by atoms with Gasteiger partial charge in [-0.3, -0.25) is 4.79 Å². The van der Waals surface area contributed by atoms with Gasteiger partial charge in [-0.05, 0) is 36.1 Å². The van der Waals surface area contributed by atoms with Gasteiger partial charge in [0.15, 0.2) is 0 Å². The van der Waals surface area contributed by atoms with Gasteiger partial charge in [0, 0.05) is 16.4 Å². The third-order valence-electron chi connectivity index (χ3n) is 4.56. The van der Waals surface area contributed by atoms with Crippen molar-refractivity contribution >= 4 is 29.2 Å². The predicted octanol–water partition coefficient (Wildman–Crippen LogP) is 4.73. The summed E-state index contributed by atoms with van der Waals surface area (Å²) in [5.41, 5.74) is 3.42. The summed E-state index contributed by atoms with van der Waals surface area (Å²) in [5.74, 6) is -0.0156. The zero-order valence-electron chi connectivity index (χ0n) is 15.5. The first-order valence-electron chi connectivity index (χ1n) is 8.81. The lowest BCUT2D eigenvalue weighted by Gasteiger charge is -2.29. The fourth-order valence-electron chi connectivity index (χ4n) is 3.24. The van der Waals surface area contributed by atoms with E-state index < -0.39 is 6.04 Å². The molecule has 5 nitrogen and oxygen atoms in total. The van der Waals surface area contributed by atoms with Crippen LogP contribution in [0.5, 0.6) is 0 Å². The number of hydrogen-bond acceptors (Lipinski definition) is 2. The summed E-state index contributed by atoms with van der Waals surface area (Å²) >= 11 is 6.32. The number of amides is 3. The third kappa shape index (κ3) is 3.98. The Morgan fingerprint density at radius 1 is 1.11 bits per heavy atom. The Labute approximate surface area is 163 Å². The average Bonchev–Trinajstić information content (AvgIpc) is 2.61. The van der Waals surface area contributed by atoms with Crippen molar-refractivity contribution in [2.75, 3.05) is 5.32 Å². The molecule has 0 aliphatic carbocycles. The summed E-state index contributed by atoms with van der Waals surface area (Å²) in [4.78, 5) is 25.2. The molecule has 6 heteroatoms. The number of anilines is 1. The van der Waals surface area contributed by atoms with Gasteiger partial charge in [-0.2, -0.15) is 0 Å². The average molecular weight is 384 g/mol. The molecule has 27 heavy (non-hydrogen) atoms. The highest BCUT2D eigenvalue weighted by Crippen LogP contribution is 2.32. The Morgan fingerprint density at radius 3 is 2.48 bits per heavy atom. The molecule has 2 aromatic rings. The summed E-state index contributed by atoms with van der Waals surface area (Å²) in [7, 11) is 0. The minimum Gasteiger partial charge on any atom is -0.327 e. The van der Waals surface area contributed by atoms with E-state index in [-0.39, 0.29) is 17.9 Å². The molecule has 0 fully saturated rings. The van der Waals surface area contributed by atoms with Crippen molar-refractivity contribution in [2.24, 2.45) is 0 Å². The van der Waals surface area contributed by atoms with E-state index in [0.29, 0.717) is 21.9 Å². The van der Waals surface area contributed by atoms with Crippen molar-refractivity contribution in [1.29, 1.82) is 0 Å². The molecule has 2 aromatic carbocycles. The second kappa shape index (κ2) is 7.84. The highest BCUT2D eigenvalue weighted by molar-refractivity contribution is 6.31. The maximum atomic E-state index is 13.2. The lowest BCUT2D eigenvalue weighted by atomic mass is 9.94. The van der Waals surface area contributed by atoms with Crippen molar-refractivity contribution in [2.45, 2.75) is 32.7 Å². The molecule has 3 N–H and O–H groups in total. The van der Waals surface area contributed by atoms with Gasteiger partial charge < -0.3 is 16.0 Å². The zero-order valence-corrected chi connectivity index (χ0v) is 16.2. The maximum absolute atomic E-state index is 13.2. The Bertz CT molecular complexity index is 921. The van der Waals surface area contributed by atoms with Crippen LogP contribution in [0, 0.1) is 0 Å². The van der Waals surface area contributed by atoms with Gasteiger partial charge >= 0.3 is 6.03 Å². The van der Waals surface area contributed by atoms with Crippen LogP contribution in [0.1, 0.15) is 43.9 Å². The van der Waals surface area contributed by atoms with E-state index in [1.807, 2.05) is 36.4 Å². The van der Waals surface area contributed by atoms with Crippen molar-refractivity contribution in [1.82, 2.24) is 10.6 Å². The Balaban J connectivity index is 1.99. The van der Waals surface area contributed by atoms with Gasteiger partial charge in [0.05, 0.1) is 11.6 Å². The maximum Gasteiger partial charge on any atom is 0.319 e. The van der Waals surface area contributed by atoms with E-state index in [2.05, 4.69) is 29.8 Å². The second-order valence-electron chi connectivity index (χ2n) is 6.79. The van der Waals surface area contributed by atoms with Crippen LogP contribution >= 0.6 is 11.6 Å². The molecule has 3 amide bonds. The minimum atomic E-state index is -0.626. The number of halogens is 1. The monoisotopic (exact) mass is 383 g/mol. The lowest BCUT2D eigenvalue weighted by molar-refractivity contribution is -0.113. The second-order valence-corrected chi connectivity index (χ2v) is 7.19. The predicted molar refractivity (Wildman–Crippen MR) is 108 cm³/mol. The van der Waals surface area contributed by atoms with Crippen molar-refractivity contribution < 1.29 is 9.59 Å². The molecular weight excluding hydrogens is 362 g/mol. The number of benzene rings is 2. The molecule has 140 valence electrons. The van der Waals surface area contributed by atoms with E-state index in [0.717, 1.165) is 11.3 Å². The Morgan fingerprint density at radius 2 is 1.78 bits per heavy atom. The molecule has 1 aliphatic heterocycles. The van der Waals surface area contributed by atoms with Crippen LogP contribution in [0.4, 0.5) is 10.5 Å². The molecule has 0 saturated heterocycles. The van der Waals surface area contributed by atoms with Gasteiger partial charge in [0.25, 0.3) is 5.91 Å². The number of carbonyl (C=O) groups is 2. The van der Waals surface area contributed by atoms with Crippen LogP contribution in [0.3, 0.4) is 0 Å². The highest BCUT2D eigenvalue weighted by atomic mass is 35.5. The number of urea groups is 1. The van der Waals surface area contributed by atoms with Crippen molar-refractivity contribution in [3.05, 3.63) is 76.0 Å². The van der Waals surface area contributed by atoms with E-state index >= 15 is 0 Å². The molecule has 0 saturated carbocycles. The Hall–Kier alpha value is -2.79. The molecule has 1 heterocycles. The molecular formula is C21H22ClN3O2. The number of allylic oxidation sites excluding steroid dienone is 1. The van der Waals surface area contributed by atoms with Crippen LogP contribution in [0.15, 0.2) is 59.8 Å². The molecule has 0 radical (unpaired) electrons. The van der Waals surface area contributed by atoms with Gasteiger partial charge in [-0.15, -0.1) is 0 Å². The summed E-state index contributed by atoms with van der Waals surface area (Å²) in [5, 5.41) is 8.97. The smallest absolute Gasteiger partial charge is 0.319 e. The number of rotatable bonds is 4. The number of para-hydroxylation sites is 1. The number of hydrogen-bond donors (Lipinski definition) is 3. The zero-order chi connectivity index (χ0) is 19.6. The van der Waals surface area contributed by atoms with Crippen LogP contribution in [-0.2, 0) is 4.79 Å². The summed E-state index contributed by atoms with van der Waals surface area (Å²) < 4.78 is 0. The van der Waals surface area contributed by atoms with E-state index in [9.17, 15) is 9.59 Å². The first kappa shape index (κ1) is 19.0. The topological polar surface area (TPSA) is 70.2 Å². The van der Waals surface area contributed by atoms with Crippen LogP contribution in [0.2, 0.25) is 5.02 Å². The quantitative estimate of drug-likeness (QED) is 0.714. The van der Waals surface area contributed by atoms with Crippen LogP contribution in [-0.4, -0.2) is 11.9 Å². The van der Waals surface area contributed by atoms with E-state index in [1.54, 1.807) is 19.1 Å². The number of nitrogens with one attached hydrogen (secondary N) is 3. The largest absolute Gasteiger partial charge is 0.327 e. The van der Waals surface area contributed by atoms with Crippen molar-refractivity contribution in [3.63, 3.8) is 0 Å². The first-order chi connectivity index (χ1) is 12.9. The fourth-order valence-corrected chi connectivity index (χ4v) is 3.49. The molecule has 0 bridgehead atoms. The molecule has 3 rings (SSSR count). The SMILES string of the molecule is CC1=C(C(=O)Nc2ccccc2C(C)C)[C@H](c2ccccc2Cl)NC(=O)N1. The van der Waals surface area contributed by atoms with Gasteiger partial charge in [-0.25, -0.2) is 4.79 Å². The summed E-state index contributed by atoms with van der Waals surface area (Å²) in [6, 6.07) is 13.9. The summed E-state index contributed by atoms with van der Waals surface area (Å²) in [6.45, 7) is 5.86. The normalized spacial score (nSPS) is 16.8. The lowest BCUT2D eigenvalue weighted by Crippen LogP contribution is -2.46. The van der Waals surface area contributed by atoms with Gasteiger partial charge in [0.1, 0.15) is 0 Å². The first-order valence-corrected chi connectivity index (χ1v) is 9.19. The van der Waals surface area contributed by atoms with Crippen LogP contribution in [0.25, 0.3) is 0 Å². The van der Waals surface area contributed by atoms with Crippen LogP contribution < -0.4 is 16.0 Å². The fraction of sp³-hybridized carbons (Fsp3) is 0.238. The van der Waals surface area contributed by atoms with E-state index in [4.69, 9.17) is 11.6 Å². The Kier molecular flexibility index (Phi) is 5.51. The standard InChI is InChI=1S/C21H22ClN3O2/c1-12(2)14-8-5-7-11-17(14)24-20(26)18-13(3)23-21(27)25-19(18)15-9-4-6-10-16(15)22/h4-12,19H,1-3H3,(H,24,26)(H2,23,25,27)/t19-/m0/s1. The number of carbonyl (C=O) groups excluding carboxylic acids is 2. The van der Waals surface area contributed by atoms with Gasteiger partial charge in [-0.1, -0.05) is 61.8 Å². The molecule has 1 aliphatic rings. The van der Waals surface area contributed by atoms with E-state index in [1.165, 1.54) is 0 Å². The highest BCUT2D eigenvalue weighted by Gasteiger charge is 2.32. The third-order valence-corrected chi connectivity index (χ3v) is 4.91. The summed E-state index contributed by atoms with van der Waals surface area (Å²) in [6.07, 6.45) is 0. The minimum absolute atomic E-state index is 0.264. The molecule has 0 aromatic heterocycles. The molecule has 0 unspecified atom stereocenters.